The van der Waals surface area contributed by atoms with Crippen molar-refractivity contribution in [1.29, 1.82) is 0 Å². The van der Waals surface area contributed by atoms with Gasteiger partial charge in [-0.25, -0.2) is 0 Å². The van der Waals surface area contributed by atoms with E-state index < -0.39 is 0 Å². The van der Waals surface area contributed by atoms with Crippen LogP contribution in [0.25, 0.3) is 11.1 Å². The van der Waals surface area contributed by atoms with Crippen LogP contribution >= 0.6 is 0 Å². The van der Waals surface area contributed by atoms with E-state index in [4.69, 9.17) is 10.5 Å². The Balaban J connectivity index is 2.52. The molecule has 0 saturated carbocycles. The summed E-state index contributed by atoms with van der Waals surface area (Å²) in [4.78, 5) is 0. The van der Waals surface area contributed by atoms with Crippen molar-refractivity contribution >= 4 is 0 Å². The van der Waals surface area contributed by atoms with Crippen LogP contribution in [0.4, 0.5) is 0 Å². The molecule has 2 rings (SSSR count). The number of methoxy groups -OCH3 is 1. The summed E-state index contributed by atoms with van der Waals surface area (Å²) in [5.41, 5.74) is 10.2. The lowest BCUT2D eigenvalue weighted by molar-refractivity contribution is 0.414. The van der Waals surface area contributed by atoms with Gasteiger partial charge in [0.25, 0.3) is 0 Å². The maximum Gasteiger partial charge on any atom is 0.119 e. The van der Waals surface area contributed by atoms with Crippen LogP contribution in [0.1, 0.15) is 31.1 Å². The summed E-state index contributed by atoms with van der Waals surface area (Å²) in [7, 11) is 1.66. The molecule has 2 aromatic rings. The van der Waals surface area contributed by atoms with Crippen molar-refractivity contribution in [2.24, 2.45) is 5.73 Å². The van der Waals surface area contributed by atoms with Crippen LogP contribution in [-0.2, 0) is 6.54 Å². The van der Waals surface area contributed by atoms with E-state index in [0.29, 0.717) is 12.6 Å². The van der Waals surface area contributed by atoms with Gasteiger partial charge in [-0.2, -0.15) is 5.10 Å². The van der Waals surface area contributed by atoms with Gasteiger partial charge >= 0.3 is 0 Å². The van der Waals surface area contributed by atoms with Gasteiger partial charge in [0.15, 0.2) is 0 Å². The Morgan fingerprint density at radius 1 is 1.32 bits per heavy atom. The van der Waals surface area contributed by atoms with Crippen molar-refractivity contribution in [2.45, 2.75) is 33.4 Å². The number of nitrogens with zero attached hydrogens (tertiary/aromatic N) is 2. The van der Waals surface area contributed by atoms with E-state index in [1.807, 2.05) is 23.7 Å². The standard InChI is InChI=1S/C15H21N3O/c1-10(2)18-9-15(11(3)17-18)14-6-5-13(19-4)7-12(14)8-16/h5-7,9-10H,8,16H2,1-4H3. The van der Waals surface area contributed by atoms with Crippen molar-refractivity contribution < 1.29 is 4.74 Å². The first kappa shape index (κ1) is 13.6. The second-order valence-corrected chi connectivity index (χ2v) is 4.93. The number of hydrogen-bond acceptors (Lipinski definition) is 3. The van der Waals surface area contributed by atoms with Crippen molar-refractivity contribution in [3.05, 3.63) is 35.7 Å². The summed E-state index contributed by atoms with van der Waals surface area (Å²) in [6.45, 7) is 6.75. The van der Waals surface area contributed by atoms with Crippen LogP contribution in [-0.4, -0.2) is 16.9 Å². The van der Waals surface area contributed by atoms with Crippen molar-refractivity contribution in [2.75, 3.05) is 7.11 Å². The average molecular weight is 259 g/mol. The fourth-order valence-electron chi connectivity index (χ4n) is 2.14. The molecule has 0 radical (unpaired) electrons. The molecule has 1 aromatic heterocycles. The smallest absolute Gasteiger partial charge is 0.119 e. The quantitative estimate of drug-likeness (QED) is 0.918. The minimum atomic E-state index is 0.354. The molecule has 0 spiro atoms. The Labute approximate surface area is 114 Å². The molecule has 0 saturated heterocycles. The molecular formula is C15H21N3O. The highest BCUT2D eigenvalue weighted by Crippen LogP contribution is 2.29. The van der Waals surface area contributed by atoms with Crippen LogP contribution in [0.15, 0.2) is 24.4 Å². The number of rotatable bonds is 4. The van der Waals surface area contributed by atoms with Gasteiger partial charge < -0.3 is 10.5 Å². The molecule has 19 heavy (non-hydrogen) atoms. The van der Waals surface area contributed by atoms with E-state index in [1.54, 1.807) is 7.11 Å². The normalized spacial score (nSPS) is 11.1. The molecule has 0 amide bonds. The van der Waals surface area contributed by atoms with Gasteiger partial charge in [0.2, 0.25) is 0 Å². The third kappa shape index (κ3) is 2.63. The number of aromatic nitrogens is 2. The fourth-order valence-corrected chi connectivity index (χ4v) is 2.14. The maximum absolute atomic E-state index is 5.85. The molecule has 0 bridgehead atoms. The number of ether oxygens (including phenoxy) is 1. The molecule has 1 aromatic carbocycles. The first-order valence-corrected chi connectivity index (χ1v) is 6.50. The average Bonchev–Trinajstić information content (AvgIpc) is 2.80. The summed E-state index contributed by atoms with van der Waals surface area (Å²) < 4.78 is 7.23. The summed E-state index contributed by atoms with van der Waals surface area (Å²) in [6.07, 6.45) is 2.08. The lowest BCUT2D eigenvalue weighted by Crippen LogP contribution is -2.00. The number of hydrogen-bond donors (Lipinski definition) is 1. The van der Waals surface area contributed by atoms with Gasteiger partial charge in [0.1, 0.15) is 5.75 Å². The van der Waals surface area contributed by atoms with Gasteiger partial charge in [-0.1, -0.05) is 6.07 Å². The lowest BCUT2D eigenvalue weighted by atomic mass is 10.00. The summed E-state index contributed by atoms with van der Waals surface area (Å²) >= 11 is 0. The maximum atomic E-state index is 5.85. The van der Waals surface area contributed by atoms with E-state index >= 15 is 0 Å². The van der Waals surface area contributed by atoms with Crippen LogP contribution in [0.5, 0.6) is 5.75 Å². The minimum Gasteiger partial charge on any atom is -0.497 e. The number of benzene rings is 1. The summed E-state index contributed by atoms with van der Waals surface area (Å²) in [5.74, 6) is 0.832. The second kappa shape index (κ2) is 5.45. The molecule has 1 heterocycles. The molecule has 0 fully saturated rings. The van der Waals surface area contributed by atoms with Gasteiger partial charge in [-0.15, -0.1) is 0 Å². The van der Waals surface area contributed by atoms with Gasteiger partial charge in [0.05, 0.1) is 12.8 Å². The zero-order valence-electron chi connectivity index (χ0n) is 12.0. The molecule has 0 atom stereocenters. The Bertz CT molecular complexity index is 573. The molecule has 4 nitrogen and oxygen atoms in total. The summed E-state index contributed by atoms with van der Waals surface area (Å²) in [5, 5.41) is 4.55. The summed E-state index contributed by atoms with van der Waals surface area (Å²) in [6, 6.07) is 6.35. The molecule has 4 heteroatoms. The Morgan fingerprint density at radius 3 is 2.58 bits per heavy atom. The third-order valence-corrected chi connectivity index (χ3v) is 3.27. The first-order valence-electron chi connectivity index (χ1n) is 6.50. The predicted octanol–water partition coefficient (Wildman–Crippen LogP) is 2.91. The monoisotopic (exact) mass is 259 g/mol. The Morgan fingerprint density at radius 2 is 2.05 bits per heavy atom. The zero-order chi connectivity index (χ0) is 14.0. The molecule has 0 aliphatic heterocycles. The van der Waals surface area contributed by atoms with Crippen molar-refractivity contribution in [1.82, 2.24) is 9.78 Å². The first-order chi connectivity index (χ1) is 9.06. The van der Waals surface area contributed by atoms with E-state index in [2.05, 4.69) is 31.2 Å². The van der Waals surface area contributed by atoms with Crippen molar-refractivity contribution in [3.63, 3.8) is 0 Å². The third-order valence-electron chi connectivity index (χ3n) is 3.27. The molecule has 102 valence electrons. The largest absolute Gasteiger partial charge is 0.497 e. The van der Waals surface area contributed by atoms with Gasteiger partial charge in [-0.05, 0) is 44.0 Å². The van der Waals surface area contributed by atoms with E-state index in [0.717, 1.165) is 28.1 Å². The molecule has 0 aliphatic carbocycles. The minimum absolute atomic E-state index is 0.354. The Kier molecular flexibility index (Phi) is 3.90. The molecule has 0 unspecified atom stereocenters. The number of aryl methyl sites for hydroxylation is 1. The van der Waals surface area contributed by atoms with Crippen LogP contribution in [0, 0.1) is 6.92 Å². The van der Waals surface area contributed by atoms with Gasteiger partial charge in [0, 0.05) is 24.3 Å². The topological polar surface area (TPSA) is 53.1 Å². The van der Waals surface area contributed by atoms with E-state index in [-0.39, 0.29) is 0 Å². The molecule has 2 N–H and O–H groups in total. The highest BCUT2D eigenvalue weighted by atomic mass is 16.5. The lowest BCUT2D eigenvalue weighted by Gasteiger charge is -2.09. The van der Waals surface area contributed by atoms with Crippen LogP contribution in [0.3, 0.4) is 0 Å². The predicted molar refractivity (Wildman–Crippen MR) is 77.2 cm³/mol. The zero-order valence-corrected chi connectivity index (χ0v) is 12.0. The SMILES string of the molecule is COc1ccc(-c2cn(C(C)C)nc2C)c(CN)c1. The van der Waals surface area contributed by atoms with Crippen LogP contribution < -0.4 is 10.5 Å². The highest BCUT2D eigenvalue weighted by molar-refractivity contribution is 5.69. The Hall–Kier alpha value is -1.81. The van der Waals surface area contributed by atoms with Crippen LogP contribution in [0.2, 0.25) is 0 Å². The number of nitrogens with two attached hydrogens (primary N) is 1. The molecular weight excluding hydrogens is 238 g/mol. The van der Waals surface area contributed by atoms with Crippen molar-refractivity contribution in [3.8, 4) is 16.9 Å². The highest BCUT2D eigenvalue weighted by Gasteiger charge is 2.12. The fraction of sp³-hybridized carbons (Fsp3) is 0.400. The van der Waals surface area contributed by atoms with E-state index in [1.165, 1.54) is 0 Å². The van der Waals surface area contributed by atoms with Gasteiger partial charge in [-0.3, -0.25) is 4.68 Å². The second-order valence-electron chi connectivity index (χ2n) is 4.93. The molecule has 0 aliphatic rings. The van der Waals surface area contributed by atoms with E-state index in [9.17, 15) is 0 Å².